The SMILES string of the molecule is CCC(=O)Oc1ccccc1COc1cc(Cl)c(CC)cc1Cl. The second-order valence-electron chi connectivity index (χ2n) is 4.95. The fraction of sp³-hybridized carbons (Fsp3) is 0.278. The van der Waals surface area contributed by atoms with Crippen molar-refractivity contribution in [3.05, 3.63) is 57.6 Å². The van der Waals surface area contributed by atoms with E-state index in [9.17, 15) is 4.79 Å². The smallest absolute Gasteiger partial charge is 0.310 e. The third-order valence-corrected chi connectivity index (χ3v) is 4.00. The Hall–Kier alpha value is -1.71. The van der Waals surface area contributed by atoms with E-state index in [4.69, 9.17) is 32.7 Å². The molecular weight excluding hydrogens is 335 g/mol. The Morgan fingerprint density at radius 3 is 2.43 bits per heavy atom. The molecule has 0 amide bonds. The van der Waals surface area contributed by atoms with Crippen molar-refractivity contribution in [2.75, 3.05) is 0 Å². The number of carbonyl (C=O) groups excluding carboxylic acids is 1. The van der Waals surface area contributed by atoms with Crippen molar-refractivity contribution in [2.45, 2.75) is 33.3 Å². The van der Waals surface area contributed by atoms with Gasteiger partial charge in [0.1, 0.15) is 18.1 Å². The minimum absolute atomic E-state index is 0.231. The first-order valence-electron chi connectivity index (χ1n) is 7.44. The van der Waals surface area contributed by atoms with Crippen molar-refractivity contribution < 1.29 is 14.3 Å². The van der Waals surface area contributed by atoms with E-state index in [1.54, 1.807) is 19.1 Å². The quantitative estimate of drug-likeness (QED) is 0.512. The number of benzene rings is 2. The molecule has 2 aromatic carbocycles. The third kappa shape index (κ3) is 4.63. The second-order valence-corrected chi connectivity index (χ2v) is 5.77. The zero-order valence-corrected chi connectivity index (χ0v) is 14.6. The van der Waals surface area contributed by atoms with Crippen LogP contribution in [0.5, 0.6) is 11.5 Å². The van der Waals surface area contributed by atoms with Gasteiger partial charge in [-0.2, -0.15) is 0 Å². The molecule has 0 heterocycles. The van der Waals surface area contributed by atoms with Gasteiger partial charge in [0.05, 0.1) is 5.02 Å². The maximum atomic E-state index is 11.5. The maximum absolute atomic E-state index is 11.5. The van der Waals surface area contributed by atoms with Crippen LogP contribution in [0.4, 0.5) is 0 Å². The molecule has 0 aromatic heterocycles. The highest BCUT2D eigenvalue weighted by molar-refractivity contribution is 6.34. The summed E-state index contributed by atoms with van der Waals surface area (Å²) in [7, 11) is 0. The van der Waals surface area contributed by atoms with Gasteiger partial charge in [-0.1, -0.05) is 55.2 Å². The summed E-state index contributed by atoms with van der Waals surface area (Å²) in [5, 5.41) is 1.13. The lowest BCUT2D eigenvalue weighted by Gasteiger charge is -2.13. The molecule has 23 heavy (non-hydrogen) atoms. The van der Waals surface area contributed by atoms with E-state index in [1.807, 2.05) is 31.2 Å². The van der Waals surface area contributed by atoms with Gasteiger partial charge in [0.25, 0.3) is 0 Å². The summed E-state index contributed by atoms with van der Waals surface area (Å²) in [6.07, 6.45) is 1.11. The van der Waals surface area contributed by atoms with Gasteiger partial charge in [0, 0.05) is 23.1 Å². The second kappa shape index (κ2) is 8.23. The molecular formula is C18H18Cl2O3. The molecule has 0 saturated carbocycles. The Bertz CT molecular complexity index is 699. The van der Waals surface area contributed by atoms with Crippen LogP contribution in [0.15, 0.2) is 36.4 Å². The minimum atomic E-state index is -0.286. The fourth-order valence-electron chi connectivity index (χ4n) is 2.02. The molecule has 0 bridgehead atoms. The Kier molecular flexibility index (Phi) is 6.31. The number of rotatable bonds is 6. The summed E-state index contributed by atoms with van der Waals surface area (Å²) in [5.74, 6) is 0.711. The fourth-order valence-corrected chi connectivity index (χ4v) is 2.55. The van der Waals surface area contributed by atoms with Crippen LogP contribution >= 0.6 is 23.2 Å². The average Bonchev–Trinajstić information content (AvgIpc) is 2.56. The maximum Gasteiger partial charge on any atom is 0.310 e. The van der Waals surface area contributed by atoms with E-state index in [0.29, 0.717) is 28.0 Å². The van der Waals surface area contributed by atoms with Gasteiger partial charge in [-0.05, 0) is 24.1 Å². The van der Waals surface area contributed by atoms with Crippen LogP contribution in [-0.2, 0) is 17.8 Å². The molecule has 3 nitrogen and oxygen atoms in total. The molecule has 0 saturated heterocycles. The normalized spacial score (nSPS) is 10.4. The van der Waals surface area contributed by atoms with Crippen LogP contribution in [0.25, 0.3) is 0 Å². The van der Waals surface area contributed by atoms with Gasteiger partial charge < -0.3 is 9.47 Å². The highest BCUT2D eigenvalue weighted by Gasteiger charge is 2.11. The molecule has 0 aliphatic rings. The Morgan fingerprint density at radius 1 is 1.00 bits per heavy atom. The molecule has 0 radical (unpaired) electrons. The highest BCUT2D eigenvalue weighted by atomic mass is 35.5. The minimum Gasteiger partial charge on any atom is -0.487 e. The molecule has 122 valence electrons. The largest absolute Gasteiger partial charge is 0.487 e. The molecule has 0 atom stereocenters. The number of hydrogen-bond donors (Lipinski definition) is 0. The van der Waals surface area contributed by atoms with Gasteiger partial charge in [-0.3, -0.25) is 4.79 Å². The number of aryl methyl sites for hydroxylation is 1. The van der Waals surface area contributed by atoms with E-state index < -0.39 is 0 Å². The van der Waals surface area contributed by atoms with E-state index in [1.165, 1.54) is 0 Å². The number of ether oxygens (including phenoxy) is 2. The zero-order chi connectivity index (χ0) is 16.8. The van der Waals surface area contributed by atoms with Crippen molar-refractivity contribution in [1.82, 2.24) is 0 Å². The third-order valence-electron chi connectivity index (χ3n) is 3.35. The summed E-state index contributed by atoms with van der Waals surface area (Å²) < 4.78 is 11.0. The monoisotopic (exact) mass is 352 g/mol. The van der Waals surface area contributed by atoms with Crippen molar-refractivity contribution in [1.29, 1.82) is 0 Å². The Morgan fingerprint density at radius 2 is 1.74 bits per heavy atom. The first-order valence-corrected chi connectivity index (χ1v) is 8.20. The van der Waals surface area contributed by atoms with Crippen LogP contribution in [0.3, 0.4) is 0 Å². The summed E-state index contributed by atoms with van der Waals surface area (Å²) in [5.41, 5.74) is 1.74. The molecule has 0 aliphatic carbocycles. The molecule has 2 rings (SSSR count). The molecule has 5 heteroatoms. The molecule has 0 fully saturated rings. The van der Waals surface area contributed by atoms with Crippen LogP contribution in [0.1, 0.15) is 31.4 Å². The number of esters is 1. The summed E-state index contributed by atoms with van der Waals surface area (Å²) in [4.78, 5) is 11.5. The number of para-hydroxylation sites is 1. The van der Waals surface area contributed by atoms with Crippen molar-refractivity contribution in [3.63, 3.8) is 0 Å². The van der Waals surface area contributed by atoms with Crippen LogP contribution in [0.2, 0.25) is 10.0 Å². The van der Waals surface area contributed by atoms with Gasteiger partial charge in [-0.25, -0.2) is 0 Å². The molecule has 2 aromatic rings. The first-order chi connectivity index (χ1) is 11.0. The summed E-state index contributed by atoms with van der Waals surface area (Å²) in [6.45, 7) is 3.99. The lowest BCUT2D eigenvalue weighted by Crippen LogP contribution is -2.08. The van der Waals surface area contributed by atoms with E-state index in [-0.39, 0.29) is 12.6 Å². The van der Waals surface area contributed by atoms with Gasteiger partial charge in [-0.15, -0.1) is 0 Å². The predicted molar refractivity (Wildman–Crippen MR) is 92.5 cm³/mol. The van der Waals surface area contributed by atoms with Crippen LogP contribution in [-0.4, -0.2) is 5.97 Å². The first kappa shape index (κ1) is 17.6. The average molecular weight is 353 g/mol. The van der Waals surface area contributed by atoms with Crippen molar-refractivity contribution in [2.24, 2.45) is 0 Å². The van der Waals surface area contributed by atoms with Crippen molar-refractivity contribution >= 4 is 29.2 Å². The van der Waals surface area contributed by atoms with E-state index >= 15 is 0 Å². The summed E-state index contributed by atoms with van der Waals surface area (Å²) >= 11 is 12.4. The Balaban J connectivity index is 2.15. The van der Waals surface area contributed by atoms with E-state index in [2.05, 4.69) is 0 Å². The molecule has 0 N–H and O–H groups in total. The van der Waals surface area contributed by atoms with Crippen LogP contribution < -0.4 is 9.47 Å². The predicted octanol–water partition coefficient (Wildman–Crippen LogP) is 5.45. The van der Waals surface area contributed by atoms with Gasteiger partial charge in [0.2, 0.25) is 0 Å². The molecule has 0 aliphatic heterocycles. The number of hydrogen-bond acceptors (Lipinski definition) is 3. The van der Waals surface area contributed by atoms with Gasteiger partial charge >= 0.3 is 5.97 Å². The van der Waals surface area contributed by atoms with Crippen LogP contribution in [0, 0.1) is 0 Å². The molecule has 0 spiro atoms. The number of carbonyl (C=O) groups is 1. The summed E-state index contributed by atoms with van der Waals surface area (Å²) in [6, 6.07) is 10.8. The van der Waals surface area contributed by atoms with Gasteiger partial charge in [0.15, 0.2) is 0 Å². The zero-order valence-electron chi connectivity index (χ0n) is 13.1. The van der Waals surface area contributed by atoms with Crippen molar-refractivity contribution in [3.8, 4) is 11.5 Å². The molecule has 0 unspecified atom stereocenters. The Labute approximate surface area is 146 Å². The standard InChI is InChI=1S/C18H18Cl2O3/c1-3-12-9-15(20)17(10-14(12)19)22-11-13-7-5-6-8-16(13)23-18(21)4-2/h5-10H,3-4,11H2,1-2H3. The number of halogens is 2. The lowest BCUT2D eigenvalue weighted by atomic mass is 10.1. The highest BCUT2D eigenvalue weighted by Crippen LogP contribution is 2.32. The van der Waals surface area contributed by atoms with E-state index in [0.717, 1.165) is 17.5 Å². The lowest BCUT2D eigenvalue weighted by molar-refractivity contribution is -0.134. The topological polar surface area (TPSA) is 35.5 Å².